The summed E-state index contributed by atoms with van der Waals surface area (Å²) in [5.74, 6) is -0.427. The number of anilines is 1. The number of carbonyl (C=O) groups is 1. The van der Waals surface area contributed by atoms with Crippen molar-refractivity contribution in [1.29, 1.82) is 0 Å². The Kier molecular flexibility index (Phi) is 3.10. The molecule has 3 rings (SSSR count). The molecule has 0 saturated carbocycles. The fourth-order valence-electron chi connectivity index (χ4n) is 3.23. The molecule has 2 bridgehead atoms. The van der Waals surface area contributed by atoms with Crippen molar-refractivity contribution in [1.82, 2.24) is 15.1 Å². The van der Waals surface area contributed by atoms with Crippen LogP contribution in [0, 0.1) is 0 Å². The van der Waals surface area contributed by atoms with Gasteiger partial charge in [0.25, 0.3) is 0 Å². The van der Waals surface area contributed by atoms with Gasteiger partial charge >= 0.3 is 5.97 Å². The van der Waals surface area contributed by atoms with Crippen LogP contribution in [0.3, 0.4) is 0 Å². The molecule has 0 radical (unpaired) electrons. The Morgan fingerprint density at radius 2 is 2.16 bits per heavy atom. The van der Waals surface area contributed by atoms with Gasteiger partial charge in [-0.15, -0.1) is 5.10 Å². The van der Waals surface area contributed by atoms with E-state index >= 15 is 0 Å². The minimum atomic E-state index is -0.937. The van der Waals surface area contributed by atoms with Crippen LogP contribution in [0.15, 0.2) is 12.3 Å². The standard InChI is InChI=1S/C13H18N4O2/c1-16-9-2-3-10(16)8-17(7-5-9)12-11(13(18)19)4-6-14-15-12/h4,6,9-10H,2-3,5,7-8H2,1H3,(H,18,19). The molecule has 2 aliphatic heterocycles. The maximum Gasteiger partial charge on any atom is 0.339 e. The van der Waals surface area contributed by atoms with Gasteiger partial charge in [0.15, 0.2) is 5.82 Å². The number of hydrogen-bond donors (Lipinski definition) is 1. The quantitative estimate of drug-likeness (QED) is 0.852. The highest BCUT2D eigenvalue weighted by Crippen LogP contribution is 2.30. The minimum absolute atomic E-state index is 0.246. The SMILES string of the molecule is CN1C2CCC1CN(c1nnccc1C(=O)O)CC2. The van der Waals surface area contributed by atoms with Crippen LogP contribution in [0.25, 0.3) is 0 Å². The molecule has 0 amide bonds. The Bertz CT molecular complexity index is 493. The van der Waals surface area contributed by atoms with Crippen LogP contribution in [0.2, 0.25) is 0 Å². The topological polar surface area (TPSA) is 69.6 Å². The van der Waals surface area contributed by atoms with E-state index in [0.717, 1.165) is 19.5 Å². The van der Waals surface area contributed by atoms with Crippen molar-refractivity contribution in [3.05, 3.63) is 17.8 Å². The number of hydrogen-bond acceptors (Lipinski definition) is 5. The molecular weight excluding hydrogens is 244 g/mol. The summed E-state index contributed by atoms with van der Waals surface area (Å²) in [6.45, 7) is 1.69. The molecule has 2 atom stereocenters. The van der Waals surface area contributed by atoms with Crippen molar-refractivity contribution in [3.8, 4) is 0 Å². The molecule has 102 valence electrons. The van der Waals surface area contributed by atoms with Gasteiger partial charge in [-0.05, 0) is 32.4 Å². The van der Waals surface area contributed by atoms with Gasteiger partial charge in [-0.25, -0.2) is 4.79 Å². The molecule has 19 heavy (non-hydrogen) atoms. The zero-order chi connectivity index (χ0) is 13.4. The molecule has 0 aromatic carbocycles. The van der Waals surface area contributed by atoms with Gasteiger partial charge in [-0.3, -0.25) is 4.90 Å². The number of fused-ring (bicyclic) bond motifs is 2. The number of nitrogens with zero attached hydrogens (tertiary/aromatic N) is 4. The molecule has 6 nitrogen and oxygen atoms in total. The van der Waals surface area contributed by atoms with E-state index in [1.54, 1.807) is 0 Å². The Morgan fingerprint density at radius 1 is 1.37 bits per heavy atom. The second kappa shape index (κ2) is 4.77. The third-order valence-corrected chi connectivity index (χ3v) is 4.38. The van der Waals surface area contributed by atoms with E-state index in [1.807, 2.05) is 0 Å². The molecule has 1 aromatic heterocycles. The third-order valence-electron chi connectivity index (χ3n) is 4.38. The molecule has 6 heteroatoms. The van der Waals surface area contributed by atoms with Gasteiger partial charge in [0.2, 0.25) is 0 Å². The highest BCUT2D eigenvalue weighted by Gasteiger charge is 2.35. The number of carboxylic acid groups (broad SMARTS) is 1. The zero-order valence-corrected chi connectivity index (χ0v) is 11.0. The van der Waals surface area contributed by atoms with Crippen LogP contribution >= 0.6 is 0 Å². The number of carboxylic acids is 1. The van der Waals surface area contributed by atoms with Gasteiger partial charge < -0.3 is 10.0 Å². The summed E-state index contributed by atoms with van der Waals surface area (Å²) < 4.78 is 0. The predicted octanol–water partition coefficient (Wildman–Crippen LogP) is 0.848. The van der Waals surface area contributed by atoms with Crippen molar-refractivity contribution in [3.63, 3.8) is 0 Å². The number of rotatable bonds is 2. The second-order valence-electron chi connectivity index (χ2n) is 5.36. The summed E-state index contributed by atoms with van der Waals surface area (Å²) in [7, 11) is 2.17. The first-order valence-corrected chi connectivity index (χ1v) is 6.68. The third kappa shape index (κ3) is 2.16. The average molecular weight is 262 g/mol. The molecule has 2 saturated heterocycles. The molecular formula is C13H18N4O2. The van der Waals surface area contributed by atoms with Crippen molar-refractivity contribution >= 4 is 11.8 Å². The molecule has 2 fully saturated rings. The summed E-state index contributed by atoms with van der Waals surface area (Å²) >= 11 is 0. The maximum absolute atomic E-state index is 11.3. The van der Waals surface area contributed by atoms with Crippen LogP contribution in [-0.2, 0) is 0 Å². The first-order valence-electron chi connectivity index (χ1n) is 6.68. The lowest BCUT2D eigenvalue weighted by atomic mass is 10.1. The van der Waals surface area contributed by atoms with E-state index in [4.69, 9.17) is 0 Å². The monoisotopic (exact) mass is 262 g/mol. The molecule has 2 unspecified atom stereocenters. The van der Waals surface area contributed by atoms with Gasteiger partial charge in [-0.1, -0.05) is 0 Å². The van der Waals surface area contributed by atoms with Crippen LogP contribution in [0.5, 0.6) is 0 Å². The van der Waals surface area contributed by atoms with Crippen LogP contribution in [0.4, 0.5) is 5.82 Å². The fraction of sp³-hybridized carbons (Fsp3) is 0.615. The van der Waals surface area contributed by atoms with Crippen molar-refractivity contribution in [2.45, 2.75) is 31.3 Å². The van der Waals surface area contributed by atoms with Crippen LogP contribution in [0.1, 0.15) is 29.6 Å². The van der Waals surface area contributed by atoms with Gasteiger partial charge in [0.1, 0.15) is 5.56 Å². The molecule has 1 N–H and O–H groups in total. The van der Waals surface area contributed by atoms with E-state index in [0.29, 0.717) is 17.9 Å². The molecule has 1 aromatic rings. The molecule has 2 aliphatic rings. The summed E-state index contributed by atoms with van der Waals surface area (Å²) in [4.78, 5) is 15.8. The smallest absolute Gasteiger partial charge is 0.339 e. The van der Waals surface area contributed by atoms with Gasteiger partial charge in [-0.2, -0.15) is 5.10 Å². The van der Waals surface area contributed by atoms with E-state index in [2.05, 4.69) is 27.0 Å². The molecule has 0 aliphatic carbocycles. The van der Waals surface area contributed by atoms with Crippen LogP contribution < -0.4 is 4.90 Å². The zero-order valence-electron chi connectivity index (χ0n) is 11.0. The Morgan fingerprint density at radius 3 is 2.95 bits per heavy atom. The fourth-order valence-corrected chi connectivity index (χ4v) is 3.23. The second-order valence-corrected chi connectivity index (χ2v) is 5.36. The number of likely N-dealkylation sites (N-methyl/N-ethyl adjacent to an activating group) is 1. The van der Waals surface area contributed by atoms with Crippen molar-refractivity contribution < 1.29 is 9.90 Å². The summed E-state index contributed by atoms with van der Waals surface area (Å²) in [6, 6.07) is 2.65. The first-order chi connectivity index (χ1) is 9.16. The van der Waals surface area contributed by atoms with E-state index in [1.165, 1.54) is 25.1 Å². The largest absolute Gasteiger partial charge is 0.478 e. The van der Waals surface area contributed by atoms with E-state index in [-0.39, 0.29) is 5.56 Å². The minimum Gasteiger partial charge on any atom is -0.478 e. The van der Waals surface area contributed by atoms with E-state index < -0.39 is 5.97 Å². The van der Waals surface area contributed by atoms with E-state index in [9.17, 15) is 9.90 Å². The van der Waals surface area contributed by atoms with Gasteiger partial charge in [0.05, 0.1) is 6.20 Å². The van der Waals surface area contributed by atoms with Gasteiger partial charge in [0, 0.05) is 25.2 Å². The Labute approximate surface area is 112 Å². The lowest BCUT2D eigenvalue weighted by molar-refractivity contribution is 0.0697. The molecule has 0 spiro atoms. The molecule has 3 heterocycles. The highest BCUT2D eigenvalue weighted by atomic mass is 16.4. The Hall–Kier alpha value is -1.69. The predicted molar refractivity (Wildman–Crippen MR) is 70.4 cm³/mol. The van der Waals surface area contributed by atoms with Crippen molar-refractivity contribution in [2.75, 3.05) is 25.0 Å². The normalized spacial score (nSPS) is 27.3. The first kappa shape index (κ1) is 12.3. The summed E-state index contributed by atoms with van der Waals surface area (Å²) in [6.07, 6.45) is 4.92. The summed E-state index contributed by atoms with van der Waals surface area (Å²) in [5.41, 5.74) is 0.246. The lowest BCUT2D eigenvalue weighted by Gasteiger charge is -2.26. The average Bonchev–Trinajstić information content (AvgIpc) is 2.63. The van der Waals surface area contributed by atoms with Crippen molar-refractivity contribution in [2.24, 2.45) is 0 Å². The lowest BCUT2D eigenvalue weighted by Crippen LogP contribution is -2.37. The number of aromatic carboxylic acids is 1. The summed E-state index contributed by atoms with van der Waals surface area (Å²) in [5, 5.41) is 17.1. The number of aromatic nitrogens is 2. The maximum atomic E-state index is 11.3. The Balaban J connectivity index is 1.89. The highest BCUT2D eigenvalue weighted by molar-refractivity contribution is 5.93. The van der Waals surface area contributed by atoms with Crippen LogP contribution in [-0.4, -0.2) is 58.4 Å².